The summed E-state index contributed by atoms with van der Waals surface area (Å²) in [6.07, 6.45) is 0. The molecule has 0 amide bonds. The lowest BCUT2D eigenvalue weighted by Gasteiger charge is -2.08. The number of hydrogen-bond acceptors (Lipinski definition) is 2. The average molecular weight is 196 g/mol. The van der Waals surface area contributed by atoms with Crippen molar-refractivity contribution in [3.05, 3.63) is 22.4 Å². The minimum absolute atomic E-state index is 0.189. The van der Waals surface area contributed by atoms with Gasteiger partial charge in [0.05, 0.1) is 11.9 Å². The molecular weight excluding hydrogens is 180 g/mol. The third kappa shape index (κ3) is 2.84. The number of amidine groups is 1. The highest BCUT2D eigenvalue weighted by Crippen LogP contribution is 2.19. The summed E-state index contributed by atoms with van der Waals surface area (Å²) >= 11 is 1.69. The van der Waals surface area contributed by atoms with Crippen molar-refractivity contribution in [1.82, 2.24) is 0 Å². The summed E-state index contributed by atoms with van der Waals surface area (Å²) < 4.78 is 0. The molecule has 0 fully saturated rings. The van der Waals surface area contributed by atoms with Gasteiger partial charge in [0.1, 0.15) is 0 Å². The van der Waals surface area contributed by atoms with Crippen LogP contribution in [0.1, 0.15) is 32.4 Å². The fourth-order valence-electron chi connectivity index (χ4n) is 0.960. The maximum atomic E-state index is 5.78. The number of rotatable bonds is 3. The van der Waals surface area contributed by atoms with Crippen LogP contribution >= 0.6 is 11.3 Å². The first-order chi connectivity index (χ1) is 6.11. The second-order valence-corrected chi connectivity index (χ2v) is 4.22. The van der Waals surface area contributed by atoms with Gasteiger partial charge in [-0.05, 0) is 29.3 Å². The van der Waals surface area contributed by atoms with E-state index in [-0.39, 0.29) is 6.04 Å². The van der Waals surface area contributed by atoms with E-state index in [0.29, 0.717) is 5.92 Å². The molecule has 0 aromatic carbocycles. The molecule has 1 atom stereocenters. The van der Waals surface area contributed by atoms with E-state index in [1.54, 1.807) is 11.3 Å². The summed E-state index contributed by atoms with van der Waals surface area (Å²) in [6.45, 7) is 6.18. The maximum Gasteiger partial charge on any atom is 0.0970 e. The Morgan fingerprint density at radius 1 is 1.46 bits per heavy atom. The van der Waals surface area contributed by atoms with E-state index in [2.05, 4.69) is 42.6 Å². The van der Waals surface area contributed by atoms with Crippen LogP contribution in [0.3, 0.4) is 0 Å². The van der Waals surface area contributed by atoms with Gasteiger partial charge < -0.3 is 5.73 Å². The van der Waals surface area contributed by atoms with Gasteiger partial charge in [-0.25, -0.2) is 0 Å². The van der Waals surface area contributed by atoms with Gasteiger partial charge in [-0.15, -0.1) is 0 Å². The van der Waals surface area contributed by atoms with E-state index in [9.17, 15) is 0 Å². The normalized spacial score (nSPS) is 14.9. The zero-order valence-corrected chi connectivity index (χ0v) is 9.14. The van der Waals surface area contributed by atoms with Gasteiger partial charge in [-0.2, -0.15) is 11.3 Å². The van der Waals surface area contributed by atoms with Crippen LogP contribution in [0.15, 0.2) is 21.8 Å². The molecule has 72 valence electrons. The molecule has 2 N–H and O–H groups in total. The SMILES string of the molecule is CC(C)C(N)=NC(C)c1ccsc1. The topological polar surface area (TPSA) is 38.4 Å². The predicted molar refractivity (Wildman–Crippen MR) is 59.2 cm³/mol. The van der Waals surface area contributed by atoms with Crippen molar-refractivity contribution >= 4 is 17.2 Å². The maximum absolute atomic E-state index is 5.78. The van der Waals surface area contributed by atoms with Gasteiger partial charge in [0, 0.05) is 5.92 Å². The van der Waals surface area contributed by atoms with Crippen LogP contribution in [0.4, 0.5) is 0 Å². The molecule has 3 heteroatoms. The lowest BCUT2D eigenvalue weighted by Crippen LogP contribution is -2.19. The third-order valence-corrected chi connectivity index (χ3v) is 2.66. The Balaban J connectivity index is 2.70. The van der Waals surface area contributed by atoms with Crippen LogP contribution in [0.2, 0.25) is 0 Å². The highest BCUT2D eigenvalue weighted by molar-refractivity contribution is 7.07. The lowest BCUT2D eigenvalue weighted by atomic mass is 10.1. The van der Waals surface area contributed by atoms with E-state index in [4.69, 9.17) is 5.73 Å². The minimum Gasteiger partial charge on any atom is -0.387 e. The van der Waals surface area contributed by atoms with Crippen molar-refractivity contribution in [3.63, 3.8) is 0 Å². The van der Waals surface area contributed by atoms with Crippen molar-refractivity contribution in [1.29, 1.82) is 0 Å². The largest absolute Gasteiger partial charge is 0.387 e. The quantitative estimate of drug-likeness (QED) is 0.586. The summed E-state index contributed by atoms with van der Waals surface area (Å²) in [6, 6.07) is 2.28. The molecule has 0 saturated carbocycles. The van der Waals surface area contributed by atoms with E-state index >= 15 is 0 Å². The van der Waals surface area contributed by atoms with Crippen LogP contribution < -0.4 is 5.73 Å². The summed E-state index contributed by atoms with van der Waals surface area (Å²) in [4.78, 5) is 4.42. The Morgan fingerprint density at radius 2 is 2.15 bits per heavy atom. The highest BCUT2D eigenvalue weighted by atomic mass is 32.1. The zero-order valence-electron chi connectivity index (χ0n) is 8.32. The van der Waals surface area contributed by atoms with Gasteiger partial charge >= 0.3 is 0 Å². The number of nitrogens with two attached hydrogens (primary N) is 1. The molecule has 0 radical (unpaired) electrons. The first-order valence-electron chi connectivity index (χ1n) is 4.46. The molecule has 1 rings (SSSR count). The fraction of sp³-hybridized carbons (Fsp3) is 0.500. The molecule has 1 aromatic rings. The van der Waals surface area contributed by atoms with Crippen LogP contribution in [0.5, 0.6) is 0 Å². The molecule has 2 nitrogen and oxygen atoms in total. The van der Waals surface area contributed by atoms with Crippen LogP contribution in [-0.2, 0) is 0 Å². The third-order valence-electron chi connectivity index (χ3n) is 1.96. The molecule has 0 aliphatic heterocycles. The van der Waals surface area contributed by atoms with E-state index in [1.807, 2.05) is 0 Å². The van der Waals surface area contributed by atoms with Gasteiger partial charge in [0.15, 0.2) is 0 Å². The van der Waals surface area contributed by atoms with Crippen molar-refractivity contribution < 1.29 is 0 Å². The van der Waals surface area contributed by atoms with Gasteiger partial charge in [0.2, 0.25) is 0 Å². The number of thiophene rings is 1. The Morgan fingerprint density at radius 3 is 2.62 bits per heavy atom. The monoisotopic (exact) mass is 196 g/mol. The molecule has 0 bridgehead atoms. The van der Waals surface area contributed by atoms with Crippen molar-refractivity contribution in [3.8, 4) is 0 Å². The van der Waals surface area contributed by atoms with Gasteiger partial charge in [-0.3, -0.25) is 4.99 Å². The second kappa shape index (κ2) is 4.42. The van der Waals surface area contributed by atoms with Crippen molar-refractivity contribution in [2.45, 2.75) is 26.8 Å². The molecule has 1 unspecified atom stereocenters. The standard InChI is InChI=1S/C10H16N2S/c1-7(2)10(11)12-8(3)9-4-5-13-6-9/h4-8H,1-3H3,(H2,11,12). The number of hydrogen-bond donors (Lipinski definition) is 1. The molecule has 0 aliphatic carbocycles. The summed E-state index contributed by atoms with van der Waals surface area (Å²) in [7, 11) is 0. The molecule has 0 saturated heterocycles. The smallest absolute Gasteiger partial charge is 0.0970 e. The molecule has 0 spiro atoms. The van der Waals surface area contributed by atoms with Gasteiger partial charge in [0.25, 0.3) is 0 Å². The highest BCUT2D eigenvalue weighted by Gasteiger charge is 2.06. The van der Waals surface area contributed by atoms with Crippen molar-refractivity contribution in [2.75, 3.05) is 0 Å². The Bertz CT molecular complexity index is 275. The minimum atomic E-state index is 0.189. The Labute approximate surface area is 83.5 Å². The molecule has 0 aliphatic rings. The predicted octanol–water partition coefficient (Wildman–Crippen LogP) is 2.82. The van der Waals surface area contributed by atoms with Crippen LogP contribution in [0, 0.1) is 5.92 Å². The number of aliphatic imine (C=N–C) groups is 1. The summed E-state index contributed by atoms with van der Waals surface area (Å²) in [5.41, 5.74) is 7.02. The van der Waals surface area contributed by atoms with E-state index < -0.39 is 0 Å². The Hall–Kier alpha value is -0.830. The van der Waals surface area contributed by atoms with Crippen LogP contribution in [-0.4, -0.2) is 5.84 Å². The second-order valence-electron chi connectivity index (χ2n) is 3.44. The van der Waals surface area contributed by atoms with Gasteiger partial charge in [-0.1, -0.05) is 13.8 Å². The molecular formula is C10H16N2S. The zero-order chi connectivity index (χ0) is 9.84. The Kier molecular flexibility index (Phi) is 3.48. The van der Waals surface area contributed by atoms with E-state index in [0.717, 1.165) is 5.84 Å². The summed E-state index contributed by atoms with van der Waals surface area (Å²) in [5.74, 6) is 1.07. The first-order valence-corrected chi connectivity index (χ1v) is 5.40. The van der Waals surface area contributed by atoms with E-state index in [1.165, 1.54) is 5.56 Å². The molecule has 13 heavy (non-hydrogen) atoms. The molecule has 1 heterocycles. The molecule has 1 aromatic heterocycles. The van der Waals surface area contributed by atoms with Crippen LogP contribution in [0.25, 0.3) is 0 Å². The fourth-order valence-corrected chi connectivity index (χ4v) is 1.71. The lowest BCUT2D eigenvalue weighted by molar-refractivity contribution is 0.782. The van der Waals surface area contributed by atoms with Crippen molar-refractivity contribution in [2.24, 2.45) is 16.6 Å². The first kappa shape index (κ1) is 10.3. The average Bonchev–Trinajstić information content (AvgIpc) is 2.55. The number of nitrogens with zero attached hydrogens (tertiary/aromatic N) is 1. The summed E-state index contributed by atoms with van der Waals surface area (Å²) in [5, 5.41) is 4.18.